The maximum atomic E-state index is 12.5. The predicted octanol–water partition coefficient (Wildman–Crippen LogP) is 1.11. The van der Waals surface area contributed by atoms with Gasteiger partial charge in [0.2, 0.25) is 11.8 Å². The number of hydrogen-bond donors (Lipinski definition) is 6. The second-order valence-electron chi connectivity index (χ2n) is 9.15. The number of nitrogens with one attached hydrogen (secondary N) is 2. The highest BCUT2D eigenvalue weighted by atomic mass is 32.1. The first-order valence-corrected chi connectivity index (χ1v) is 12.7. The van der Waals surface area contributed by atoms with Crippen molar-refractivity contribution in [3.63, 3.8) is 0 Å². The summed E-state index contributed by atoms with van der Waals surface area (Å²) in [5, 5.41) is 23.1. The Kier molecular flexibility index (Phi) is 14.0. The van der Waals surface area contributed by atoms with Crippen molar-refractivity contribution in [2.24, 2.45) is 16.6 Å². The monoisotopic (exact) mass is 526 g/mol. The molecule has 0 bridgehead atoms. The molecule has 0 saturated heterocycles. The lowest BCUT2D eigenvalue weighted by Gasteiger charge is -2.20. The molecule has 4 unspecified atom stereocenters. The lowest BCUT2D eigenvalue weighted by atomic mass is 9.84. The normalized spacial score (nSPS) is 19.9. The predicted molar refractivity (Wildman–Crippen MR) is 138 cm³/mol. The molecule has 12 heteroatoms. The summed E-state index contributed by atoms with van der Waals surface area (Å²) in [7, 11) is 0. The third kappa shape index (κ3) is 11.3. The van der Waals surface area contributed by atoms with Gasteiger partial charge in [0.15, 0.2) is 5.78 Å². The molecular formula is C24H38N4O7S. The first-order chi connectivity index (χ1) is 17.0. The van der Waals surface area contributed by atoms with E-state index in [1.54, 1.807) is 6.21 Å². The third-order valence-corrected chi connectivity index (χ3v) is 6.36. The Hall–Kier alpha value is -2.73. The molecule has 0 aromatic carbocycles. The van der Waals surface area contributed by atoms with E-state index >= 15 is 0 Å². The fourth-order valence-corrected chi connectivity index (χ4v) is 3.98. The van der Waals surface area contributed by atoms with Gasteiger partial charge >= 0.3 is 11.9 Å². The molecule has 36 heavy (non-hydrogen) atoms. The zero-order chi connectivity index (χ0) is 27.3. The third-order valence-electron chi connectivity index (χ3n) is 6.00. The summed E-state index contributed by atoms with van der Waals surface area (Å²) in [4.78, 5) is 63.3. The van der Waals surface area contributed by atoms with Crippen molar-refractivity contribution in [2.45, 2.75) is 83.3 Å². The molecule has 0 aromatic heterocycles. The van der Waals surface area contributed by atoms with Crippen LogP contribution < -0.4 is 16.4 Å². The zero-order valence-corrected chi connectivity index (χ0v) is 21.8. The van der Waals surface area contributed by atoms with Gasteiger partial charge < -0.3 is 26.6 Å². The van der Waals surface area contributed by atoms with Crippen LogP contribution in [0.15, 0.2) is 16.1 Å². The Morgan fingerprint density at radius 1 is 1.14 bits per heavy atom. The minimum absolute atomic E-state index is 0.0696. The second-order valence-corrected chi connectivity index (χ2v) is 9.51. The maximum absolute atomic E-state index is 12.5. The fourth-order valence-electron chi connectivity index (χ4n) is 3.72. The summed E-state index contributed by atoms with van der Waals surface area (Å²) >= 11 is 4.04. The van der Waals surface area contributed by atoms with Gasteiger partial charge in [-0.2, -0.15) is 12.6 Å². The van der Waals surface area contributed by atoms with Gasteiger partial charge in [-0.25, -0.2) is 4.79 Å². The van der Waals surface area contributed by atoms with Gasteiger partial charge in [-0.15, -0.1) is 0 Å². The van der Waals surface area contributed by atoms with Gasteiger partial charge in [0.1, 0.15) is 18.1 Å². The summed E-state index contributed by atoms with van der Waals surface area (Å²) in [5.41, 5.74) is 7.06. The molecule has 1 aliphatic rings. The lowest BCUT2D eigenvalue weighted by Crippen LogP contribution is -2.52. The molecule has 6 N–H and O–H groups in total. The summed E-state index contributed by atoms with van der Waals surface area (Å²) in [6.07, 6.45) is 4.99. The topological polar surface area (TPSA) is 188 Å². The van der Waals surface area contributed by atoms with Gasteiger partial charge in [-0.05, 0) is 62.5 Å². The minimum atomic E-state index is -1.23. The number of aliphatic carboxylic acids is 2. The maximum Gasteiger partial charge on any atom is 0.326 e. The summed E-state index contributed by atoms with van der Waals surface area (Å²) in [6.45, 7) is 4.41. The summed E-state index contributed by atoms with van der Waals surface area (Å²) in [6, 6.07) is -3.42. The number of carbonyl (C=O) groups is 5. The number of hydrogen-bond acceptors (Lipinski definition) is 8. The van der Waals surface area contributed by atoms with Crippen LogP contribution in [0.2, 0.25) is 0 Å². The quantitative estimate of drug-likeness (QED) is 0.0792. The molecule has 0 radical (unpaired) electrons. The average Bonchev–Trinajstić information content (AvgIpc) is 2.81. The Morgan fingerprint density at radius 3 is 2.42 bits per heavy atom. The molecular weight excluding hydrogens is 488 g/mol. The molecule has 11 nitrogen and oxygen atoms in total. The van der Waals surface area contributed by atoms with E-state index in [0.29, 0.717) is 31.7 Å². The standard InChI is InChI=1S/C24H38N4O7S/c1-14-6-7-16(20(29)11-14)15(2)12-26-10-4-3-5-18(24(34)35)28-22(31)19(13-36)27-21(30)9-8-17(25)23(32)33/h12,14,17-19,36H,3-11,13,25H2,1-2H3,(H,27,30)(H,28,31)(H,32,33)(H,34,35)/b16-15-,26-12?. The average molecular weight is 527 g/mol. The minimum Gasteiger partial charge on any atom is -0.480 e. The molecule has 1 aliphatic carbocycles. The van der Waals surface area contributed by atoms with Crippen molar-refractivity contribution in [1.29, 1.82) is 0 Å². The Morgan fingerprint density at radius 2 is 1.83 bits per heavy atom. The number of amides is 2. The smallest absolute Gasteiger partial charge is 0.326 e. The van der Waals surface area contributed by atoms with E-state index in [1.807, 2.05) is 6.92 Å². The molecule has 0 aromatic rings. The van der Waals surface area contributed by atoms with E-state index in [4.69, 9.17) is 10.8 Å². The first-order valence-electron chi connectivity index (χ1n) is 12.1. The molecule has 1 fully saturated rings. The van der Waals surface area contributed by atoms with Crippen molar-refractivity contribution in [1.82, 2.24) is 10.6 Å². The van der Waals surface area contributed by atoms with Gasteiger partial charge in [-0.3, -0.25) is 24.2 Å². The number of Topliss-reactive ketones (excluding diaryl/α,β-unsaturated/α-hetero) is 1. The van der Waals surface area contributed by atoms with Crippen molar-refractivity contribution in [2.75, 3.05) is 12.3 Å². The summed E-state index contributed by atoms with van der Waals surface area (Å²) < 4.78 is 0. The Balaban J connectivity index is 2.48. The number of allylic oxidation sites excluding steroid dienone is 2. The van der Waals surface area contributed by atoms with Crippen molar-refractivity contribution in [3.8, 4) is 0 Å². The van der Waals surface area contributed by atoms with E-state index in [1.165, 1.54) is 0 Å². The molecule has 0 aliphatic heterocycles. The molecule has 4 atom stereocenters. The van der Waals surface area contributed by atoms with Crippen LogP contribution >= 0.6 is 12.6 Å². The zero-order valence-electron chi connectivity index (χ0n) is 20.9. The van der Waals surface area contributed by atoms with Crippen LogP contribution in [0.5, 0.6) is 0 Å². The van der Waals surface area contributed by atoms with Gasteiger partial charge in [0.05, 0.1) is 0 Å². The van der Waals surface area contributed by atoms with E-state index in [2.05, 4.69) is 35.2 Å². The van der Waals surface area contributed by atoms with E-state index in [0.717, 1.165) is 24.0 Å². The van der Waals surface area contributed by atoms with Crippen LogP contribution in [0.25, 0.3) is 0 Å². The van der Waals surface area contributed by atoms with Crippen molar-refractivity contribution < 1.29 is 34.2 Å². The Bertz CT molecular complexity index is 875. The highest BCUT2D eigenvalue weighted by molar-refractivity contribution is 7.80. The van der Waals surface area contributed by atoms with Crippen molar-refractivity contribution >= 4 is 48.4 Å². The Labute approximate surface area is 216 Å². The van der Waals surface area contributed by atoms with Crippen LogP contribution in [0.1, 0.15) is 65.2 Å². The van der Waals surface area contributed by atoms with Crippen LogP contribution in [-0.4, -0.2) is 76.4 Å². The highest BCUT2D eigenvalue weighted by Crippen LogP contribution is 2.26. The SMILES string of the molecule is C/C(C=NCCCCC(NC(=O)C(CS)NC(=O)CCC(N)C(=O)O)C(=O)O)=C1\CCC(C)CC1=O. The van der Waals surface area contributed by atoms with Crippen LogP contribution in [0.4, 0.5) is 0 Å². The molecule has 0 spiro atoms. The number of ketones is 1. The largest absolute Gasteiger partial charge is 0.480 e. The number of rotatable bonds is 15. The number of thiol groups is 1. The number of carboxylic acids is 2. The first kappa shape index (κ1) is 31.3. The van der Waals surface area contributed by atoms with Gasteiger partial charge in [-0.1, -0.05) is 6.92 Å². The van der Waals surface area contributed by atoms with Crippen molar-refractivity contribution in [3.05, 3.63) is 11.1 Å². The van der Waals surface area contributed by atoms with Crippen LogP contribution in [0.3, 0.4) is 0 Å². The molecule has 2 amide bonds. The number of aliphatic imine (C=N–C) groups is 1. The lowest BCUT2D eigenvalue weighted by molar-refractivity contribution is -0.142. The van der Waals surface area contributed by atoms with E-state index in [9.17, 15) is 29.1 Å². The highest BCUT2D eigenvalue weighted by Gasteiger charge is 2.26. The summed E-state index contributed by atoms with van der Waals surface area (Å²) in [5.74, 6) is -3.19. The molecule has 202 valence electrons. The number of carbonyl (C=O) groups excluding carboxylic acids is 3. The second kappa shape index (κ2) is 16.1. The fraction of sp³-hybridized carbons (Fsp3) is 0.667. The van der Waals surface area contributed by atoms with E-state index < -0.39 is 41.9 Å². The number of carboxylic acid groups (broad SMARTS) is 2. The van der Waals surface area contributed by atoms with Crippen LogP contribution in [-0.2, 0) is 24.0 Å². The number of nitrogens with two attached hydrogens (primary N) is 1. The number of nitrogens with zero attached hydrogens (tertiary/aromatic N) is 1. The van der Waals surface area contributed by atoms with Gasteiger partial charge in [0.25, 0.3) is 0 Å². The number of unbranched alkanes of at least 4 members (excludes halogenated alkanes) is 1. The van der Waals surface area contributed by atoms with Gasteiger partial charge in [0, 0.05) is 31.4 Å². The molecule has 1 rings (SSSR count). The molecule has 1 saturated carbocycles. The molecule has 0 heterocycles. The van der Waals surface area contributed by atoms with E-state index in [-0.39, 0.29) is 30.8 Å². The van der Waals surface area contributed by atoms with Crippen LogP contribution in [0, 0.1) is 5.92 Å².